The van der Waals surface area contributed by atoms with Crippen molar-refractivity contribution >= 4 is 43.3 Å². The predicted octanol–water partition coefficient (Wildman–Crippen LogP) is 0.841. The van der Waals surface area contributed by atoms with Crippen LogP contribution in [0.2, 0.25) is 5.02 Å². The Morgan fingerprint density at radius 2 is 2.00 bits per heavy atom. The van der Waals surface area contributed by atoms with Crippen LogP contribution in [-0.4, -0.2) is 27.0 Å². The van der Waals surface area contributed by atoms with Crippen molar-refractivity contribution in [1.29, 1.82) is 0 Å². The standard InChI is InChI=1S/C9H8Cl2N2O5S/c10-6-3-5(19(11,16)17)1-2-7(6)18-4-8(14)13-9(12)15/h1-3H,4H2,(H3,12,13,14,15). The fraction of sp³-hybridized carbons (Fsp3) is 0.111. The van der Waals surface area contributed by atoms with Crippen LogP contribution in [0.1, 0.15) is 0 Å². The van der Waals surface area contributed by atoms with E-state index in [0.717, 1.165) is 12.1 Å². The summed E-state index contributed by atoms with van der Waals surface area (Å²) in [4.78, 5) is 21.2. The van der Waals surface area contributed by atoms with Crippen molar-refractivity contribution in [2.75, 3.05) is 6.61 Å². The molecule has 0 unspecified atom stereocenters. The molecule has 0 aliphatic rings. The van der Waals surface area contributed by atoms with Gasteiger partial charge in [0.2, 0.25) is 0 Å². The zero-order chi connectivity index (χ0) is 14.6. The first-order chi connectivity index (χ1) is 8.70. The molecule has 0 fully saturated rings. The highest BCUT2D eigenvalue weighted by atomic mass is 35.7. The molecule has 10 heteroatoms. The van der Waals surface area contributed by atoms with E-state index in [-0.39, 0.29) is 15.7 Å². The molecule has 104 valence electrons. The van der Waals surface area contributed by atoms with Crippen LogP contribution < -0.4 is 15.8 Å². The molecule has 0 atom stereocenters. The smallest absolute Gasteiger partial charge is 0.318 e. The number of halogens is 2. The quantitative estimate of drug-likeness (QED) is 0.795. The lowest BCUT2D eigenvalue weighted by Crippen LogP contribution is -2.38. The molecule has 0 spiro atoms. The molecule has 7 nitrogen and oxygen atoms in total. The van der Waals surface area contributed by atoms with Crippen molar-refractivity contribution < 1.29 is 22.7 Å². The molecule has 0 saturated carbocycles. The maximum absolute atomic E-state index is 11.1. The number of hydrogen-bond donors (Lipinski definition) is 2. The Labute approximate surface area is 118 Å². The van der Waals surface area contributed by atoms with E-state index >= 15 is 0 Å². The van der Waals surface area contributed by atoms with Gasteiger partial charge in [0.15, 0.2) is 6.61 Å². The maximum atomic E-state index is 11.1. The minimum absolute atomic E-state index is 0.0476. The molecule has 0 aromatic heterocycles. The van der Waals surface area contributed by atoms with E-state index < -0.39 is 27.6 Å². The van der Waals surface area contributed by atoms with E-state index in [0.29, 0.717) is 0 Å². The Morgan fingerprint density at radius 1 is 1.37 bits per heavy atom. The average Bonchev–Trinajstić information content (AvgIpc) is 2.25. The minimum Gasteiger partial charge on any atom is -0.482 e. The minimum atomic E-state index is -3.90. The third-order valence-electron chi connectivity index (χ3n) is 1.81. The van der Waals surface area contributed by atoms with Gasteiger partial charge in [-0.15, -0.1) is 0 Å². The summed E-state index contributed by atoms with van der Waals surface area (Å²) < 4.78 is 27.0. The molecule has 3 N–H and O–H groups in total. The maximum Gasteiger partial charge on any atom is 0.318 e. The SMILES string of the molecule is NC(=O)NC(=O)COc1ccc(S(=O)(=O)Cl)cc1Cl. The molecule has 1 aromatic carbocycles. The van der Waals surface area contributed by atoms with Crippen LogP contribution in [0.15, 0.2) is 23.1 Å². The summed E-state index contributed by atoms with van der Waals surface area (Å²) in [6.07, 6.45) is 0. The number of rotatable bonds is 4. The number of benzene rings is 1. The van der Waals surface area contributed by atoms with E-state index in [1.54, 1.807) is 5.32 Å². The summed E-state index contributed by atoms with van der Waals surface area (Å²) >= 11 is 5.75. The number of amides is 3. The van der Waals surface area contributed by atoms with Crippen LogP contribution in [0.3, 0.4) is 0 Å². The van der Waals surface area contributed by atoms with Crippen molar-refractivity contribution in [3.05, 3.63) is 23.2 Å². The lowest BCUT2D eigenvalue weighted by atomic mass is 10.3. The molecule has 0 aliphatic carbocycles. The van der Waals surface area contributed by atoms with Gasteiger partial charge in [-0.1, -0.05) is 11.6 Å². The number of hydrogen-bond acceptors (Lipinski definition) is 5. The van der Waals surface area contributed by atoms with Crippen LogP contribution in [-0.2, 0) is 13.8 Å². The largest absolute Gasteiger partial charge is 0.482 e. The first kappa shape index (κ1) is 15.5. The van der Waals surface area contributed by atoms with E-state index in [1.807, 2.05) is 0 Å². The molecule has 3 amide bonds. The molecule has 0 radical (unpaired) electrons. The van der Waals surface area contributed by atoms with Gasteiger partial charge in [-0.3, -0.25) is 10.1 Å². The van der Waals surface area contributed by atoms with Gasteiger partial charge in [0.05, 0.1) is 9.92 Å². The van der Waals surface area contributed by atoms with E-state index in [9.17, 15) is 18.0 Å². The monoisotopic (exact) mass is 326 g/mol. The van der Waals surface area contributed by atoms with Gasteiger partial charge in [-0.2, -0.15) is 0 Å². The number of carbonyl (C=O) groups excluding carboxylic acids is 2. The van der Waals surface area contributed by atoms with Gasteiger partial charge < -0.3 is 10.5 Å². The van der Waals surface area contributed by atoms with Crippen molar-refractivity contribution in [2.45, 2.75) is 4.90 Å². The summed E-state index contributed by atoms with van der Waals surface area (Å²) in [5.74, 6) is -0.706. The van der Waals surface area contributed by atoms with E-state index in [1.165, 1.54) is 6.07 Å². The van der Waals surface area contributed by atoms with Crippen molar-refractivity contribution in [3.8, 4) is 5.75 Å². The fourth-order valence-electron chi connectivity index (χ4n) is 1.07. The number of carbonyl (C=O) groups is 2. The first-order valence-corrected chi connectivity index (χ1v) is 7.35. The van der Waals surface area contributed by atoms with Crippen LogP contribution >= 0.6 is 22.3 Å². The van der Waals surface area contributed by atoms with Gasteiger partial charge in [0, 0.05) is 10.7 Å². The zero-order valence-electron chi connectivity index (χ0n) is 9.22. The molecule has 1 rings (SSSR count). The number of nitrogens with one attached hydrogen (secondary N) is 1. The predicted molar refractivity (Wildman–Crippen MR) is 67.7 cm³/mol. The molecule has 19 heavy (non-hydrogen) atoms. The molecule has 0 bridgehead atoms. The third-order valence-corrected chi connectivity index (χ3v) is 3.45. The van der Waals surface area contributed by atoms with Gasteiger partial charge in [-0.05, 0) is 18.2 Å². The topological polar surface area (TPSA) is 116 Å². The Hall–Kier alpha value is -1.51. The number of ether oxygens (including phenoxy) is 1. The van der Waals surface area contributed by atoms with Gasteiger partial charge >= 0.3 is 6.03 Å². The second-order valence-corrected chi connectivity index (χ2v) is 6.20. The highest BCUT2D eigenvalue weighted by Gasteiger charge is 2.13. The number of nitrogens with two attached hydrogens (primary N) is 1. The number of urea groups is 1. The third kappa shape index (κ3) is 4.93. The van der Waals surface area contributed by atoms with Crippen molar-refractivity contribution in [1.82, 2.24) is 5.32 Å². The van der Waals surface area contributed by atoms with Crippen LogP contribution in [0, 0.1) is 0 Å². The Balaban J connectivity index is 2.76. The molecular weight excluding hydrogens is 319 g/mol. The molecule has 0 aliphatic heterocycles. The molecular formula is C9H8Cl2N2O5S. The van der Waals surface area contributed by atoms with Crippen LogP contribution in [0.4, 0.5) is 4.79 Å². The molecule has 0 saturated heterocycles. The highest BCUT2D eigenvalue weighted by Crippen LogP contribution is 2.28. The Kier molecular flexibility index (Phi) is 4.98. The van der Waals surface area contributed by atoms with Crippen molar-refractivity contribution in [2.24, 2.45) is 5.73 Å². The average molecular weight is 327 g/mol. The first-order valence-electron chi connectivity index (χ1n) is 4.66. The van der Waals surface area contributed by atoms with Gasteiger partial charge in [0.1, 0.15) is 5.75 Å². The number of imide groups is 1. The summed E-state index contributed by atoms with van der Waals surface area (Å²) in [5.41, 5.74) is 4.73. The Morgan fingerprint density at radius 3 is 2.47 bits per heavy atom. The second kappa shape index (κ2) is 6.09. The summed E-state index contributed by atoms with van der Waals surface area (Å²) in [6.45, 7) is -0.504. The van der Waals surface area contributed by atoms with Crippen molar-refractivity contribution in [3.63, 3.8) is 0 Å². The molecule has 0 heterocycles. The summed E-state index contributed by atoms with van der Waals surface area (Å²) in [7, 11) is 1.23. The van der Waals surface area contributed by atoms with E-state index in [2.05, 4.69) is 0 Å². The fourth-order valence-corrected chi connectivity index (χ4v) is 2.14. The second-order valence-electron chi connectivity index (χ2n) is 3.23. The lowest BCUT2D eigenvalue weighted by Gasteiger charge is -2.08. The summed E-state index contributed by atoms with van der Waals surface area (Å²) in [5, 5.41) is 1.74. The number of primary amides is 1. The normalized spacial score (nSPS) is 10.8. The Bertz CT molecular complexity index is 617. The molecule has 1 aromatic rings. The van der Waals surface area contributed by atoms with E-state index in [4.69, 9.17) is 32.8 Å². The zero-order valence-corrected chi connectivity index (χ0v) is 11.6. The van der Waals surface area contributed by atoms with Gasteiger partial charge in [-0.25, -0.2) is 13.2 Å². The van der Waals surface area contributed by atoms with Gasteiger partial charge in [0.25, 0.3) is 15.0 Å². The van der Waals surface area contributed by atoms with Crippen LogP contribution in [0.5, 0.6) is 5.75 Å². The highest BCUT2D eigenvalue weighted by molar-refractivity contribution is 8.13. The summed E-state index contributed by atoms with van der Waals surface area (Å²) in [6, 6.07) is 2.46. The van der Waals surface area contributed by atoms with Crippen LogP contribution in [0.25, 0.3) is 0 Å². The lowest BCUT2D eigenvalue weighted by molar-refractivity contribution is -0.121.